The highest BCUT2D eigenvalue weighted by atomic mass is 28.4. The quantitative estimate of drug-likeness (QED) is 0.0227. The number of phenolic OH excluding ortho intramolecular Hbond substituents is 3. The van der Waals surface area contributed by atoms with E-state index in [0.717, 1.165) is 41.5 Å². The van der Waals surface area contributed by atoms with E-state index in [9.17, 15) is 129 Å². The number of hydrogen-bond donors (Lipinski definition) is 3. The first-order chi connectivity index (χ1) is 52.7. The fourth-order valence-corrected chi connectivity index (χ4v) is 21.5. The molecular weight excluding hydrogens is 1650 g/mol. The lowest BCUT2D eigenvalue weighted by Gasteiger charge is -2.39. The van der Waals surface area contributed by atoms with E-state index in [1.54, 1.807) is 25.1 Å². The number of allylic oxidation sites excluding steroid dienone is 1. The average Bonchev–Trinajstić information content (AvgIpc) is 0.717. The number of aromatic hydroxyl groups is 3. The number of benzene rings is 3. The molecule has 0 heterocycles. The molecule has 0 aliphatic heterocycles. The topological polar surface area (TPSA) is 79.2 Å². The Kier molecular flexibility index (Phi) is 44.7. The largest absolute Gasteiger partial charge is 0.508 e. The van der Waals surface area contributed by atoms with Crippen molar-refractivity contribution in [3.8, 4) is 17.2 Å². The maximum absolute atomic E-state index is 14.6. The Morgan fingerprint density at radius 3 is 0.974 bits per heavy atom. The van der Waals surface area contributed by atoms with E-state index in [2.05, 4.69) is 51.8 Å². The van der Waals surface area contributed by atoms with Crippen LogP contribution in [0.3, 0.4) is 0 Å². The Morgan fingerprint density at radius 2 is 0.670 bits per heavy atom. The van der Waals surface area contributed by atoms with Gasteiger partial charge in [0.1, 0.15) is 17.2 Å². The summed E-state index contributed by atoms with van der Waals surface area (Å²) in [4.78, 5) is 0. The summed E-state index contributed by atoms with van der Waals surface area (Å²) >= 11 is 0. The molecule has 0 spiro atoms. The van der Waals surface area contributed by atoms with Crippen molar-refractivity contribution in [2.24, 2.45) is 0 Å². The summed E-state index contributed by atoms with van der Waals surface area (Å²) < 4.78 is 365. The van der Waals surface area contributed by atoms with Gasteiger partial charge in [-0.15, -0.1) is 6.58 Å². The number of unbranched alkanes of at least 4 members (excludes halogenated alkanes) is 15. The smallest absolute Gasteiger partial charge is 0.460 e. The van der Waals surface area contributed by atoms with E-state index in [0.29, 0.717) is 61.1 Å². The molecule has 0 aliphatic carbocycles. The van der Waals surface area contributed by atoms with E-state index < -0.39 is 143 Å². The molecule has 0 fully saturated rings. The van der Waals surface area contributed by atoms with Crippen LogP contribution in [0, 0.1) is 20.8 Å². The van der Waals surface area contributed by atoms with Crippen LogP contribution in [0.1, 0.15) is 227 Å². The Hall–Kier alpha value is -4.23. The summed E-state index contributed by atoms with van der Waals surface area (Å²) in [6, 6.07) is 14.9. The Balaban J connectivity index is 0.00000111. The maximum Gasteiger partial charge on any atom is 0.460 e. The standard InChI is InChI=1S/C38H48F26OSi2.C26H50O3Si2.C16H24O/c1-3-10-24(66-19-17-27(39,40)29(43,44)31(47,48)33(51,52)35(55,56)37(59,60)61)15-16-25(12-9-7-5-4-6-8-11-23-14-13-22(2)26(65)21-23)67-20-18-28(41,42)30(45,46)32(49,50)34(53,54)36(57,58)38(62,63)64;1-22-17-19-24(21-26(22)27)15-13-11-9-10-12-14-16-25(31(7,8)29-4)20-18-23(2)30(5,6)28-3;1-3-4-5-6-7-8-9-10-15-12-11-14(2)16(17)13-15/h13-14,21,24-25,65H,3-12,15-20,66-67H2,1-2H3;17,19,21,23,25,27H,9-16,18,20H2,1-8H3;3,11-13,17H,1,4-10H2,2H3. The van der Waals surface area contributed by atoms with Gasteiger partial charge in [0.15, 0.2) is 16.6 Å². The zero-order valence-electron chi connectivity index (χ0n) is 68.0. The normalized spacial score (nSPS) is 14.9. The summed E-state index contributed by atoms with van der Waals surface area (Å²) in [5.74, 6) is -74.7. The molecule has 4 atom stereocenters. The highest BCUT2D eigenvalue weighted by Gasteiger charge is 2.92. The summed E-state index contributed by atoms with van der Waals surface area (Å²) in [5.41, 5.74) is 5.75. The van der Waals surface area contributed by atoms with Gasteiger partial charge in [0.25, 0.3) is 0 Å². The van der Waals surface area contributed by atoms with Crippen LogP contribution >= 0.6 is 0 Å². The molecule has 0 amide bonds. The lowest BCUT2D eigenvalue weighted by Crippen LogP contribution is -2.70. The van der Waals surface area contributed by atoms with Crippen molar-refractivity contribution in [1.82, 2.24) is 0 Å². The third kappa shape index (κ3) is 31.6. The van der Waals surface area contributed by atoms with E-state index >= 15 is 0 Å². The van der Waals surface area contributed by atoms with E-state index in [-0.39, 0.29) is 44.3 Å². The van der Waals surface area contributed by atoms with Gasteiger partial charge in [-0.3, -0.25) is 0 Å². The predicted molar refractivity (Wildman–Crippen MR) is 413 cm³/mol. The Bertz CT molecular complexity index is 3260. The molecule has 115 heavy (non-hydrogen) atoms. The van der Waals surface area contributed by atoms with Gasteiger partial charge in [-0.1, -0.05) is 214 Å². The first-order valence-corrected chi connectivity index (χ1v) is 49.2. The second-order valence-electron chi connectivity index (χ2n) is 32.0. The number of hydrogen-bond acceptors (Lipinski definition) is 5. The number of aryl methyl sites for hydroxylation is 6. The minimum Gasteiger partial charge on any atom is -0.508 e. The third-order valence-corrected chi connectivity index (χ3v) is 34.4. The second kappa shape index (κ2) is 47.3. The molecule has 3 aromatic carbocycles. The van der Waals surface area contributed by atoms with Gasteiger partial charge in [-0.05, 0) is 161 Å². The molecule has 0 saturated carbocycles. The minimum absolute atomic E-state index is 0.0207. The molecule has 0 saturated heterocycles. The van der Waals surface area contributed by atoms with Crippen LogP contribution in [-0.4, -0.2) is 137 Å². The summed E-state index contributed by atoms with van der Waals surface area (Å²) in [6.45, 7) is 22.6. The molecule has 3 aromatic rings. The number of rotatable bonds is 54. The van der Waals surface area contributed by atoms with Gasteiger partial charge in [0.05, 0.1) is 0 Å². The van der Waals surface area contributed by atoms with Gasteiger partial charge >= 0.3 is 71.6 Å². The van der Waals surface area contributed by atoms with Crippen LogP contribution in [0.15, 0.2) is 67.3 Å². The molecule has 0 bridgehead atoms. The molecule has 0 aromatic heterocycles. The molecule has 5 nitrogen and oxygen atoms in total. The fourth-order valence-electron chi connectivity index (χ4n) is 13.4. The molecule has 35 heteroatoms. The van der Waals surface area contributed by atoms with Crippen LogP contribution in [0.5, 0.6) is 17.2 Å². The Morgan fingerprint density at radius 1 is 0.374 bits per heavy atom. The van der Waals surface area contributed by atoms with Crippen LogP contribution in [0.2, 0.25) is 60.4 Å². The number of halogens is 26. The predicted octanol–water partition coefficient (Wildman–Crippen LogP) is 28.6. The van der Waals surface area contributed by atoms with Crippen molar-refractivity contribution in [3.63, 3.8) is 0 Å². The highest BCUT2D eigenvalue weighted by Crippen LogP contribution is 2.63. The minimum atomic E-state index is -8.10. The lowest BCUT2D eigenvalue weighted by molar-refractivity contribution is -0.439. The SMILES string of the molecule is C=CCCCCCCCc1ccc(C)c(O)c1.CCCC(CCC(CCCCCCCCc1ccc(C)c(O)c1)[SiH2]CCC(F)(F)C(F)(F)C(F)(F)C(F)(F)C(F)(F)C(F)(F)F)[SiH2]CCC(F)(F)C(F)(F)C(F)(F)C(F)(F)C(F)(F)C(F)(F)F.CO[Si](C)(C)C(C)CCC(CCCCCCCCc1ccc(C)c(O)c1)[Si](C)(C)OC. The van der Waals surface area contributed by atoms with Crippen molar-refractivity contribution in [2.45, 2.75) is 366 Å². The zero-order chi connectivity index (χ0) is 88.7. The molecule has 670 valence electrons. The van der Waals surface area contributed by atoms with Crippen LogP contribution in [-0.2, 0) is 28.1 Å². The van der Waals surface area contributed by atoms with Crippen molar-refractivity contribution < 1.29 is 138 Å². The van der Waals surface area contributed by atoms with Crippen molar-refractivity contribution in [3.05, 3.63) is 101 Å². The second-order valence-corrected chi connectivity index (χ2v) is 45.9. The van der Waals surface area contributed by atoms with Gasteiger partial charge < -0.3 is 24.2 Å². The van der Waals surface area contributed by atoms with Crippen LogP contribution in [0.25, 0.3) is 0 Å². The van der Waals surface area contributed by atoms with Gasteiger partial charge in [0, 0.05) is 46.1 Å². The molecule has 0 radical (unpaired) electrons. The summed E-state index contributed by atoms with van der Waals surface area (Å²) in [5, 5.41) is 29.3. The zero-order valence-corrected chi connectivity index (χ0v) is 72.9. The van der Waals surface area contributed by atoms with Gasteiger partial charge in [-0.25, -0.2) is 0 Å². The Labute approximate surface area is 669 Å². The van der Waals surface area contributed by atoms with Gasteiger partial charge in [-0.2, -0.15) is 114 Å². The fraction of sp³-hybridized carbons (Fsp3) is 0.750. The summed E-state index contributed by atoms with van der Waals surface area (Å²) in [6.07, 6.45) is 6.97. The van der Waals surface area contributed by atoms with Crippen molar-refractivity contribution in [2.75, 3.05) is 14.2 Å². The van der Waals surface area contributed by atoms with E-state index in [1.165, 1.54) is 108 Å². The summed E-state index contributed by atoms with van der Waals surface area (Å²) in [7, 11) is -3.89. The van der Waals surface area contributed by atoms with E-state index in [1.807, 2.05) is 58.4 Å². The lowest BCUT2D eigenvalue weighted by atomic mass is 9.93. The molecule has 3 N–H and O–H groups in total. The molecule has 0 aliphatic rings. The van der Waals surface area contributed by atoms with Crippen molar-refractivity contribution >= 4 is 35.7 Å². The number of phenols is 3. The molecular formula is C80H122F26O5Si4. The highest BCUT2D eigenvalue weighted by molar-refractivity contribution is 6.73. The number of alkyl halides is 26. The van der Waals surface area contributed by atoms with E-state index in [4.69, 9.17) is 8.85 Å². The van der Waals surface area contributed by atoms with Crippen LogP contribution in [0.4, 0.5) is 114 Å². The van der Waals surface area contributed by atoms with Crippen molar-refractivity contribution in [1.29, 1.82) is 0 Å². The van der Waals surface area contributed by atoms with Crippen LogP contribution < -0.4 is 0 Å². The average molecular weight is 1770 g/mol. The first kappa shape index (κ1) is 109. The molecule has 3 rings (SSSR count). The molecule has 4 unspecified atom stereocenters. The maximum atomic E-state index is 14.6. The van der Waals surface area contributed by atoms with Gasteiger partial charge in [0.2, 0.25) is 0 Å². The monoisotopic (exact) mass is 1770 g/mol. The third-order valence-electron chi connectivity index (χ3n) is 22.3. The first-order valence-electron chi connectivity index (χ1n) is 39.6.